The summed E-state index contributed by atoms with van der Waals surface area (Å²) < 4.78 is 0. The van der Waals surface area contributed by atoms with Gasteiger partial charge in [0.25, 0.3) is 0 Å². The van der Waals surface area contributed by atoms with E-state index in [0.717, 1.165) is 10.6 Å². The van der Waals surface area contributed by atoms with Crippen LogP contribution in [0.5, 0.6) is 0 Å². The lowest BCUT2D eigenvalue weighted by Crippen LogP contribution is -2.02. The van der Waals surface area contributed by atoms with Gasteiger partial charge in [0.1, 0.15) is 0 Å². The smallest absolute Gasteiger partial charge is 0.0412 e. The lowest BCUT2D eigenvalue weighted by Gasteiger charge is -1.99. The van der Waals surface area contributed by atoms with Crippen LogP contribution in [0.15, 0.2) is 35.7 Å². The topological polar surface area (TPSA) is 26.0 Å². The Labute approximate surface area is 98.5 Å². The molecule has 0 aliphatic carbocycles. The van der Waals surface area contributed by atoms with Crippen LogP contribution in [-0.2, 0) is 0 Å². The highest BCUT2D eigenvalue weighted by Gasteiger charge is 2.05. The second-order valence-corrected chi connectivity index (χ2v) is 4.89. The first kappa shape index (κ1) is 10.7. The van der Waals surface area contributed by atoms with Crippen LogP contribution in [0.3, 0.4) is 0 Å². The molecule has 0 radical (unpaired) electrons. The van der Waals surface area contributed by atoms with Crippen LogP contribution in [-0.4, -0.2) is 0 Å². The number of hydrogen-bond donors (Lipinski definition) is 1. The normalized spacial score (nSPS) is 12.7. The van der Waals surface area contributed by atoms with Gasteiger partial charge in [-0.1, -0.05) is 23.7 Å². The largest absolute Gasteiger partial charge is 0.324 e. The lowest BCUT2D eigenvalue weighted by atomic mass is 10.1. The summed E-state index contributed by atoms with van der Waals surface area (Å²) in [6, 6.07) is 10.1. The fraction of sp³-hybridized carbons (Fsp3) is 0.167. The Balaban J connectivity index is 2.37. The third-order valence-corrected chi connectivity index (χ3v) is 3.49. The molecule has 0 amide bonds. The zero-order valence-electron chi connectivity index (χ0n) is 8.41. The summed E-state index contributed by atoms with van der Waals surface area (Å²) >= 11 is 7.65. The molecule has 2 aromatic rings. The van der Waals surface area contributed by atoms with E-state index in [1.165, 1.54) is 10.4 Å². The molecular formula is C12H12ClNS. The molecule has 0 saturated heterocycles. The van der Waals surface area contributed by atoms with Crippen molar-refractivity contribution in [3.8, 4) is 10.4 Å². The summed E-state index contributed by atoms with van der Waals surface area (Å²) in [6.45, 7) is 1.99. The number of halogens is 1. The Morgan fingerprint density at radius 1 is 1.33 bits per heavy atom. The summed E-state index contributed by atoms with van der Waals surface area (Å²) in [7, 11) is 0. The third kappa shape index (κ3) is 2.40. The molecule has 1 atom stereocenters. The molecule has 0 bridgehead atoms. The van der Waals surface area contributed by atoms with Crippen LogP contribution >= 0.6 is 22.9 Å². The maximum Gasteiger partial charge on any atom is 0.0412 e. The van der Waals surface area contributed by atoms with Crippen molar-refractivity contribution in [3.63, 3.8) is 0 Å². The monoisotopic (exact) mass is 237 g/mol. The van der Waals surface area contributed by atoms with Crippen molar-refractivity contribution < 1.29 is 0 Å². The Bertz CT molecular complexity index is 462. The first-order chi connectivity index (χ1) is 7.16. The molecule has 1 nitrogen and oxygen atoms in total. The van der Waals surface area contributed by atoms with Crippen LogP contribution in [0.1, 0.15) is 18.5 Å². The summed E-state index contributed by atoms with van der Waals surface area (Å²) in [4.78, 5) is 1.21. The van der Waals surface area contributed by atoms with Crippen molar-refractivity contribution >= 4 is 22.9 Å². The molecule has 0 aliphatic rings. The Hall–Kier alpha value is -0.830. The van der Waals surface area contributed by atoms with Crippen molar-refractivity contribution in [2.45, 2.75) is 13.0 Å². The number of hydrogen-bond acceptors (Lipinski definition) is 2. The number of rotatable bonds is 2. The molecule has 1 aromatic heterocycles. The van der Waals surface area contributed by atoms with Crippen LogP contribution < -0.4 is 5.73 Å². The van der Waals surface area contributed by atoms with Crippen LogP contribution in [0, 0.1) is 0 Å². The lowest BCUT2D eigenvalue weighted by molar-refractivity contribution is 0.823. The summed E-state index contributed by atoms with van der Waals surface area (Å²) in [6.07, 6.45) is 0. The van der Waals surface area contributed by atoms with Crippen molar-refractivity contribution in [2.24, 2.45) is 5.73 Å². The van der Waals surface area contributed by atoms with E-state index >= 15 is 0 Å². The van der Waals surface area contributed by atoms with E-state index in [2.05, 4.69) is 17.5 Å². The molecule has 78 valence electrons. The molecule has 3 heteroatoms. The summed E-state index contributed by atoms with van der Waals surface area (Å²) in [5, 5.41) is 2.87. The molecular weight excluding hydrogens is 226 g/mol. The van der Waals surface area contributed by atoms with E-state index in [4.69, 9.17) is 17.3 Å². The minimum atomic E-state index is 0.0918. The highest BCUT2D eigenvalue weighted by Crippen LogP contribution is 2.30. The third-order valence-electron chi connectivity index (χ3n) is 2.25. The van der Waals surface area contributed by atoms with Crippen molar-refractivity contribution in [3.05, 3.63) is 46.3 Å². The van der Waals surface area contributed by atoms with E-state index in [-0.39, 0.29) is 6.04 Å². The molecule has 2 N–H and O–H groups in total. The quantitative estimate of drug-likeness (QED) is 0.837. The van der Waals surface area contributed by atoms with Crippen LogP contribution in [0.4, 0.5) is 0 Å². The molecule has 0 spiro atoms. The number of nitrogens with two attached hydrogens (primary N) is 1. The van der Waals surface area contributed by atoms with Gasteiger partial charge in [0, 0.05) is 15.9 Å². The van der Waals surface area contributed by atoms with Gasteiger partial charge in [-0.05, 0) is 41.6 Å². The molecule has 1 unspecified atom stereocenters. The second-order valence-electron chi connectivity index (χ2n) is 3.54. The van der Waals surface area contributed by atoms with Gasteiger partial charge in [0.15, 0.2) is 0 Å². The number of benzene rings is 1. The minimum absolute atomic E-state index is 0.0918. The van der Waals surface area contributed by atoms with Gasteiger partial charge in [-0.15, -0.1) is 11.3 Å². The molecule has 15 heavy (non-hydrogen) atoms. The predicted molar refractivity (Wildman–Crippen MR) is 67.4 cm³/mol. The fourth-order valence-corrected chi connectivity index (χ4v) is 2.59. The average Bonchev–Trinajstić information content (AvgIpc) is 2.66. The minimum Gasteiger partial charge on any atom is -0.324 e. The summed E-state index contributed by atoms with van der Waals surface area (Å²) in [5.74, 6) is 0. The highest BCUT2D eigenvalue weighted by molar-refractivity contribution is 7.13. The van der Waals surface area contributed by atoms with Gasteiger partial charge in [-0.3, -0.25) is 0 Å². The van der Waals surface area contributed by atoms with Gasteiger partial charge in [-0.25, -0.2) is 0 Å². The van der Waals surface area contributed by atoms with Crippen LogP contribution in [0.25, 0.3) is 10.4 Å². The van der Waals surface area contributed by atoms with Gasteiger partial charge >= 0.3 is 0 Å². The molecule has 1 heterocycles. The standard InChI is InChI=1S/C12H12ClNS/c1-8(14)10-6-12(15-7-10)9-3-2-4-11(13)5-9/h2-8H,14H2,1H3. The molecule has 2 rings (SSSR count). The second kappa shape index (κ2) is 4.35. The Morgan fingerprint density at radius 3 is 2.73 bits per heavy atom. The van der Waals surface area contributed by atoms with Gasteiger partial charge in [-0.2, -0.15) is 0 Å². The first-order valence-corrected chi connectivity index (χ1v) is 6.02. The van der Waals surface area contributed by atoms with E-state index in [1.54, 1.807) is 11.3 Å². The van der Waals surface area contributed by atoms with Crippen molar-refractivity contribution in [1.82, 2.24) is 0 Å². The van der Waals surface area contributed by atoms with Gasteiger partial charge < -0.3 is 5.73 Å². The number of thiophene rings is 1. The fourth-order valence-electron chi connectivity index (χ4n) is 1.38. The van der Waals surface area contributed by atoms with E-state index in [1.807, 2.05) is 25.1 Å². The maximum atomic E-state index is 5.94. The zero-order chi connectivity index (χ0) is 10.8. The molecule has 0 aliphatic heterocycles. The Kier molecular flexibility index (Phi) is 3.10. The van der Waals surface area contributed by atoms with E-state index in [0.29, 0.717) is 0 Å². The van der Waals surface area contributed by atoms with Gasteiger partial charge in [0.05, 0.1) is 0 Å². The highest BCUT2D eigenvalue weighted by atomic mass is 35.5. The van der Waals surface area contributed by atoms with Crippen molar-refractivity contribution in [1.29, 1.82) is 0 Å². The predicted octanol–water partition coefficient (Wildman–Crippen LogP) is 4.09. The first-order valence-electron chi connectivity index (χ1n) is 4.77. The van der Waals surface area contributed by atoms with Crippen molar-refractivity contribution in [2.75, 3.05) is 0 Å². The van der Waals surface area contributed by atoms with Crippen LogP contribution in [0.2, 0.25) is 5.02 Å². The van der Waals surface area contributed by atoms with E-state index < -0.39 is 0 Å². The maximum absolute atomic E-state index is 5.94. The molecule has 0 saturated carbocycles. The average molecular weight is 238 g/mol. The molecule has 1 aromatic carbocycles. The zero-order valence-corrected chi connectivity index (χ0v) is 9.98. The molecule has 0 fully saturated rings. The van der Waals surface area contributed by atoms with Gasteiger partial charge in [0.2, 0.25) is 0 Å². The summed E-state index contributed by atoms with van der Waals surface area (Å²) in [5.41, 5.74) is 8.14. The SMILES string of the molecule is CC(N)c1csc(-c2cccc(Cl)c2)c1. The Morgan fingerprint density at radius 2 is 2.13 bits per heavy atom. The van der Waals surface area contributed by atoms with E-state index in [9.17, 15) is 0 Å².